The van der Waals surface area contributed by atoms with Gasteiger partial charge in [0.1, 0.15) is 13.2 Å². The van der Waals surface area contributed by atoms with Crippen LogP contribution in [0.3, 0.4) is 0 Å². The van der Waals surface area contributed by atoms with Crippen molar-refractivity contribution in [3.8, 4) is 11.5 Å². The van der Waals surface area contributed by atoms with Crippen LogP contribution in [-0.4, -0.2) is 42.9 Å². The number of aliphatic hydroxyl groups excluding tert-OH is 1. The first kappa shape index (κ1) is 13.7. The van der Waals surface area contributed by atoms with Crippen LogP contribution in [0.25, 0.3) is 0 Å². The molecule has 0 saturated heterocycles. The van der Waals surface area contributed by atoms with Gasteiger partial charge in [-0.15, -0.1) is 0 Å². The number of ether oxygens (including phenoxy) is 2. The fourth-order valence-electron chi connectivity index (χ4n) is 2.75. The van der Waals surface area contributed by atoms with Crippen LogP contribution in [-0.2, 0) is 0 Å². The maximum Gasteiger partial charge on any atom is 0.161 e. The summed E-state index contributed by atoms with van der Waals surface area (Å²) in [6.45, 7) is 4.06. The van der Waals surface area contributed by atoms with Crippen molar-refractivity contribution in [1.82, 2.24) is 4.90 Å². The minimum absolute atomic E-state index is 0.489. The van der Waals surface area contributed by atoms with Gasteiger partial charge in [-0.05, 0) is 50.4 Å². The van der Waals surface area contributed by atoms with Crippen molar-refractivity contribution in [3.63, 3.8) is 0 Å². The van der Waals surface area contributed by atoms with E-state index in [4.69, 9.17) is 9.47 Å². The summed E-state index contributed by atoms with van der Waals surface area (Å²) in [6, 6.07) is 6.25. The normalized spacial score (nSPS) is 20.8. The second-order valence-corrected chi connectivity index (χ2v) is 5.94. The van der Waals surface area contributed by atoms with Crippen LogP contribution in [0.1, 0.15) is 31.4 Å². The summed E-state index contributed by atoms with van der Waals surface area (Å²) in [5, 5.41) is 10.4. The van der Waals surface area contributed by atoms with Crippen LogP contribution < -0.4 is 9.47 Å². The van der Waals surface area contributed by atoms with E-state index in [1.165, 1.54) is 12.8 Å². The van der Waals surface area contributed by atoms with Gasteiger partial charge in [0, 0.05) is 12.6 Å². The third-order valence-electron chi connectivity index (χ3n) is 4.41. The summed E-state index contributed by atoms with van der Waals surface area (Å²) in [6.07, 6.45) is 2.16. The molecule has 2 unspecified atom stereocenters. The van der Waals surface area contributed by atoms with Crippen LogP contribution in [0.2, 0.25) is 0 Å². The van der Waals surface area contributed by atoms with Gasteiger partial charge in [-0.25, -0.2) is 0 Å². The van der Waals surface area contributed by atoms with Gasteiger partial charge in [-0.3, -0.25) is 0 Å². The fourth-order valence-corrected chi connectivity index (χ4v) is 2.75. The lowest BCUT2D eigenvalue weighted by molar-refractivity contribution is 0.102. The minimum atomic E-state index is -0.489. The number of rotatable bonds is 5. The lowest BCUT2D eigenvalue weighted by Gasteiger charge is -2.27. The summed E-state index contributed by atoms with van der Waals surface area (Å²) in [7, 11) is 2.09. The standard InChI is InChI=1S/C16H23NO3/c1-11(12-3-4-12)17(2)10-14(18)13-5-6-15-16(9-13)20-8-7-19-15/h5-6,9,11-12,14,18H,3-4,7-8,10H2,1-2H3. The van der Waals surface area contributed by atoms with Gasteiger partial charge in [0.05, 0.1) is 6.10 Å². The Morgan fingerprint density at radius 1 is 1.25 bits per heavy atom. The van der Waals surface area contributed by atoms with Crippen LogP contribution in [0.4, 0.5) is 0 Å². The van der Waals surface area contributed by atoms with Gasteiger partial charge >= 0.3 is 0 Å². The van der Waals surface area contributed by atoms with E-state index < -0.39 is 6.10 Å². The van der Waals surface area contributed by atoms with Gasteiger partial charge < -0.3 is 19.5 Å². The molecule has 20 heavy (non-hydrogen) atoms. The summed E-state index contributed by atoms with van der Waals surface area (Å²) < 4.78 is 11.1. The minimum Gasteiger partial charge on any atom is -0.486 e. The highest BCUT2D eigenvalue weighted by Gasteiger charge is 2.31. The molecule has 1 fully saturated rings. The van der Waals surface area contributed by atoms with E-state index in [1.54, 1.807) is 0 Å². The van der Waals surface area contributed by atoms with Gasteiger partial charge in [0.2, 0.25) is 0 Å². The smallest absolute Gasteiger partial charge is 0.161 e. The van der Waals surface area contributed by atoms with Crippen LogP contribution >= 0.6 is 0 Å². The molecule has 2 atom stereocenters. The predicted octanol–water partition coefficient (Wildman–Crippen LogP) is 2.22. The molecule has 0 radical (unpaired) electrons. The van der Waals surface area contributed by atoms with Crippen molar-refractivity contribution in [1.29, 1.82) is 0 Å². The molecule has 4 nitrogen and oxygen atoms in total. The van der Waals surface area contributed by atoms with Crippen LogP contribution in [0, 0.1) is 5.92 Å². The average molecular weight is 277 g/mol. The molecule has 0 aromatic heterocycles. The van der Waals surface area contributed by atoms with Crippen molar-refractivity contribution in [3.05, 3.63) is 23.8 Å². The SMILES string of the molecule is CC(C1CC1)N(C)CC(O)c1ccc2c(c1)OCCO2. The highest BCUT2D eigenvalue weighted by atomic mass is 16.6. The van der Waals surface area contributed by atoms with E-state index in [9.17, 15) is 5.11 Å². The van der Waals surface area contributed by atoms with E-state index in [0.717, 1.165) is 23.0 Å². The molecule has 1 aliphatic carbocycles. The van der Waals surface area contributed by atoms with Crippen LogP contribution in [0.15, 0.2) is 18.2 Å². The molecule has 0 amide bonds. The number of aliphatic hydroxyl groups is 1. The van der Waals surface area contributed by atoms with Gasteiger partial charge in [-0.1, -0.05) is 6.07 Å². The highest BCUT2D eigenvalue weighted by Crippen LogP contribution is 2.36. The molecular weight excluding hydrogens is 254 g/mol. The number of hydrogen-bond acceptors (Lipinski definition) is 4. The summed E-state index contributed by atoms with van der Waals surface area (Å²) >= 11 is 0. The quantitative estimate of drug-likeness (QED) is 0.896. The molecule has 1 N–H and O–H groups in total. The van der Waals surface area contributed by atoms with E-state index >= 15 is 0 Å². The van der Waals surface area contributed by atoms with E-state index in [2.05, 4.69) is 18.9 Å². The fraction of sp³-hybridized carbons (Fsp3) is 0.625. The molecule has 2 aliphatic rings. The molecule has 1 aliphatic heterocycles. The molecule has 1 aromatic carbocycles. The van der Waals surface area contributed by atoms with Crippen LogP contribution in [0.5, 0.6) is 11.5 Å². The molecule has 3 rings (SSSR count). The lowest BCUT2D eigenvalue weighted by Crippen LogP contribution is -2.34. The monoisotopic (exact) mass is 277 g/mol. The molecule has 1 heterocycles. The highest BCUT2D eigenvalue weighted by molar-refractivity contribution is 5.44. The third kappa shape index (κ3) is 2.91. The number of fused-ring (bicyclic) bond motifs is 1. The number of benzene rings is 1. The van der Waals surface area contributed by atoms with Gasteiger partial charge in [0.15, 0.2) is 11.5 Å². The zero-order chi connectivity index (χ0) is 14.1. The third-order valence-corrected chi connectivity index (χ3v) is 4.41. The lowest BCUT2D eigenvalue weighted by atomic mass is 10.1. The summed E-state index contributed by atoms with van der Waals surface area (Å²) in [4.78, 5) is 2.25. The van der Waals surface area contributed by atoms with Crippen molar-refractivity contribution in [2.45, 2.75) is 31.9 Å². The Bertz CT molecular complexity index is 473. The molecule has 4 heteroatoms. The summed E-state index contributed by atoms with van der Waals surface area (Å²) in [5.74, 6) is 2.32. The Labute approximate surface area is 120 Å². The van der Waals surface area contributed by atoms with Crippen molar-refractivity contribution in [2.24, 2.45) is 5.92 Å². The van der Waals surface area contributed by atoms with E-state index in [0.29, 0.717) is 25.8 Å². The first-order valence-corrected chi connectivity index (χ1v) is 7.43. The average Bonchev–Trinajstić information content (AvgIpc) is 3.30. The molecular formula is C16H23NO3. The maximum absolute atomic E-state index is 10.4. The van der Waals surface area contributed by atoms with Gasteiger partial charge in [-0.2, -0.15) is 0 Å². The van der Waals surface area contributed by atoms with Crippen molar-refractivity contribution < 1.29 is 14.6 Å². The van der Waals surface area contributed by atoms with Crippen molar-refractivity contribution in [2.75, 3.05) is 26.8 Å². The molecule has 1 saturated carbocycles. The first-order chi connectivity index (χ1) is 9.65. The zero-order valence-electron chi connectivity index (χ0n) is 12.2. The number of hydrogen-bond donors (Lipinski definition) is 1. The van der Waals surface area contributed by atoms with E-state index in [-0.39, 0.29) is 0 Å². The zero-order valence-corrected chi connectivity index (χ0v) is 12.2. The molecule has 0 spiro atoms. The predicted molar refractivity (Wildman–Crippen MR) is 77.2 cm³/mol. The molecule has 0 bridgehead atoms. The van der Waals surface area contributed by atoms with Crippen molar-refractivity contribution >= 4 is 0 Å². The largest absolute Gasteiger partial charge is 0.486 e. The molecule has 110 valence electrons. The Balaban J connectivity index is 1.65. The summed E-state index contributed by atoms with van der Waals surface area (Å²) in [5.41, 5.74) is 0.893. The topological polar surface area (TPSA) is 41.9 Å². The second kappa shape index (κ2) is 5.62. The Kier molecular flexibility index (Phi) is 3.85. The number of nitrogens with zero attached hydrogens (tertiary/aromatic N) is 1. The maximum atomic E-state index is 10.4. The second-order valence-electron chi connectivity index (χ2n) is 5.94. The first-order valence-electron chi connectivity index (χ1n) is 7.43. The van der Waals surface area contributed by atoms with Gasteiger partial charge in [0.25, 0.3) is 0 Å². The molecule has 1 aromatic rings. The Morgan fingerprint density at radius 2 is 1.95 bits per heavy atom. The Hall–Kier alpha value is -1.26. The van der Waals surface area contributed by atoms with E-state index in [1.807, 2.05) is 18.2 Å². The Morgan fingerprint density at radius 3 is 2.65 bits per heavy atom. The number of likely N-dealkylation sites (N-methyl/N-ethyl adjacent to an activating group) is 1.